The Morgan fingerprint density at radius 1 is 1.22 bits per heavy atom. The van der Waals surface area contributed by atoms with Gasteiger partial charge in [-0.1, -0.05) is 31.4 Å². The summed E-state index contributed by atoms with van der Waals surface area (Å²) in [6, 6.07) is 12.4. The third-order valence-electron chi connectivity index (χ3n) is 4.56. The van der Waals surface area contributed by atoms with Gasteiger partial charge in [0.05, 0.1) is 28.8 Å². The van der Waals surface area contributed by atoms with Gasteiger partial charge in [-0.2, -0.15) is 0 Å². The Morgan fingerprint density at radius 2 is 2.00 bits per heavy atom. The number of rotatable bonds is 8. The Hall–Kier alpha value is -3.14. The van der Waals surface area contributed by atoms with Crippen molar-refractivity contribution in [3.8, 4) is 0 Å². The highest BCUT2D eigenvalue weighted by atomic mass is 15.0. The largest absolute Gasteiger partial charge is 0.381 e. The van der Waals surface area contributed by atoms with Crippen LogP contribution >= 0.6 is 0 Å². The van der Waals surface area contributed by atoms with Gasteiger partial charge in [-0.05, 0) is 61.8 Å². The summed E-state index contributed by atoms with van der Waals surface area (Å²) in [4.78, 5) is 8.83. The van der Waals surface area contributed by atoms with Crippen molar-refractivity contribution in [1.82, 2.24) is 20.6 Å². The molecule has 2 aromatic heterocycles. The molecule has 3 heterocycles. The molecule has 3 rings (SSSR count). The minimum Gasteiger partial charge on any atom is -0.381 e. The van der Waals surface area contributed by atoms with Crippen LogP contribution in [0.4, 0.5) is 0 Å². The van der Waals surface area contributed by atoms with E-state index in [1.807, 2.05) is 48.7 Å². The summed E-state index contributed by atoms with van der Waals surface area (Å²) >= 11 is 0. The fourth-order valence-electron chi connectivity index (χ4n) is 3.14. The molecule has 1 aliphatic rings. The molecule has 0 spiro atoms. The van der Waals surface area contributed by atoms with Crippen LogP contribution < -0.4 is 10.6 Å². The number of hydrogen-bond acceptors (Lipinski definition) is 4. The number of allylic oxidation sites excluding steroid dienone is 2. The van der Waals surface area contributed by atoms with Gasteiger partial charge >= 0.3 is 0 Å². The smallest absolute Gasteiger partial charge is 0.0861 e. The van der Waals surface area contributed by atoms with Gasteiger partial charge < -0.3 is 10.6 Å². The SMILES string of the molecule is C=C/C=C(\NC(C)CC[C@@H]1NC(c2ccccn2)=CC1=C)c1ccccn1. The van der Waals surface area contributed by atoms with Gasteiger partial charge in [0.15, 0.2) is 0 Å². The van der Waals surface area contributed by atoms with Crippen molar-refractivity contribution in [2.45, 2.75) is 31.8 Å². The molecule has 0 saturated heterocycles. The first-order chi connectivity index (χ1) is 13.2. The van der Waals surface area contributed by atoms with E-state index in [1.165, 1.54) is 0 Å². The Balaban J connectivity index is 1.55. The maximum absolute atomic E-state index is 4.42. The van der Waals surface area contributed by atoms with E-state index in [2.05, 4.69) is 46.8 Å². The summed E-state index contributed by atoms with van der Waals surface area (Å²) in [7, 11) is 0. The van der Waals surface area contributed by atoms with Crippen molar-refractivity contribution in [3.05, 3.63) is 97.1 Å². The highest BCUT2D eigenvalue weighted by molar-refractivity contribution is 5.68. The van der Waals surface area contributed by atoms with Crippen LogP contribution in [0, 0.1) is 0 Å². The third-order valence-corrected chi connectivity index (χ3v) is 4.56. The van der Waals surface area contributed by atoms with Crippen molar-refractivity contribution < 1.29 is 0 Å². The average Bonchev–Trinajstić information content (AvgIpc) is 3.08. The Kier molecular flexibility index (Phi) is 6.21. The summed E-state index contributed by atoms with van der Waals surface area (Å²) in [5, 5.41) is 7.11. The molecule has 138 valence electrons. The van der Waals surface area contributed by atoms with Crippen LogP contribution in [0.25, 0.3) is 11.4 Å². The molecule has 0 fully saturated rings. The predicted octanol–water partition coefficient (Wildman–Crippen LogP) is 4.33. The second-order valence-electron chi connectivity index (χ2n) is 6.70. The molecule has 2 atom stereocenters. The lowest BCUT2D eigenvalue weighted by Gasteiger charge is -2.21. The average molecular weight is 358 g/mol. The standard InChI is InChI=1S/C23H26N4/c1-4-9-22(20-10-5-7-14-24-20)26-18(3)12-13-19-17(2)16-23(27-19)21-11-6-8-15-25-21/h4-11,14-16,18-19,26-27H,1-2,12-13H2,3H3/b22-9-/t18?,19-/m0/s1. The summed E-state index contributed by atoms with van der Waals surface area (Å²) in [6.07, 6.45) is 11.5. The van der Waals surface area contributed by atoms with Crippen LogP contribution in [0.3, 0.4) is 0 Å². The van der Waals surface area contributed by atoms with Gasteiger partial charge in [-0.25, -0.2) is 0 Å². The molecule has 0 saturated carbocycles. The first kappa shape index (κ1) is 18.6. The topological polar surface area (TPSA) is 49.8 Å². The van der Waals surface area contributed by atoms with E-state index in [0.29, 0.717) is 6.04 Å². The normalized spacial score (nSPS) is 17.8. The first-order valence-corrected chi connectivity index (χ1v) is 9.26. The minimum atomic E-state index is 0.243. The summed E-state index contributed by atoms with van der Waals surface area (Å²) < 4.78 is 0. The van der Waals surface area contributed by atoms with Gasteiger partial charge in [-0.3, -0.25) is 9.97 Å². The van der Waals surface area contributed by atoms with E-state index in [9.17, 15) is 0 Å². The zero-order valence-corrected chi connectivity index (χ0v) is 15.7. The highest BCUT2D eigenvalue weighted by Crippen LogP contribution is 2.24. The van der Waals surface area contributed by atoms with Crippen molar-refractivity contribution in [2.24, 2.45) is 0 Å². The van der Waals surface area contributed by atoms with Crippen molar-refractivity contribution in [3.63, 3.8) is 0 Å². The molecule has 2 N–H and O–H groups in total. The quantitative estimate of drug-likeness (QED) is 0.690. The second-order valence-corrected chi connectivity index (χ2v) is 6.70. The van der Waals surface area contributed by atoms with Gasteiger partial charge in [0.1, 0.15) is 0 Å². The van der Waals surface area contributed by atoms with Gasteiger partial charge in [0.25, 0.3) is 0 Å². The lowest BCUT2D eigenvalue weighted by Crippen LogP contribution is -2.29. The predicted molar refractivity (Wildman–Crippen MR) is 113 cm³/mol. The van der Waals surface area contributed by atoms with Crippen molar-refractivity contribution in [2.75, 3.05) is 0 Å². The van der Waals surface area contributed by atoms with E-state index in [0.717, 1.165) is 41.2 Å². The molecule has 0 radical (unpaired) electrons. The van der Waals surface area contributed by atoms with Gasteiger partial charge in [-0.15, -0.1) is 0 Å². The van der Waals surface area contributed by atoms with E-state index >= 15 is 0 Å². The maximum Gasteiger partial charge on any atom is 0.0861 e. The lowest BCUT2D eigenvalue weighted by atomic mass is 10.0. The molecule has 4 nitrogen and oxygen atoms in total. The minimum absolute atomic E-state index is 0.243. The molecule has 0 bridgehead atoms. The van der Waals surface area contributed by atoms with Crippen LogP contribution in [-0.4, -0.2) is 22.1 Å². The second kappa shape index (κ2) is 8.99. The van der Waals surface area contributed by atoms with Crippen LogP contribution in [0.1, 0.15) is 31.2 Å². The molecule has 0 aromatic carbocycles. The Morgan fingerprint density at radius 3 is 2.67 bits per heavy atom. The maximum atomic E-state index is 4.42. The fraction of sp³-hybridized carbons (Fsp3) is 0.217. The number of nitrogens with one attached hydrogen (secondary N) is 2. The van der Waals surface area contributed by atoms with E-state index in [1.54, 1.807) is 12.3 Å². The van der Waals surface area contributed by atoms with E-state index < -0.39 is 0 Å². The van der Waals surface area contributed by atoms with Crippen LogP contribution in [0.2, 0.25) is 0 Å². The third kappa shape index (κ3) is 4.94. The fourth-order valence-corrected chi connectivity index (χ4v) is 3.14. The zero-order valence-electron chi connectivity index (χ0n) is 15.7. The molecule has 2 aromatic rings. The molecular weight excluding hydrogens is 332 g/mol. The van der Waals surface area contributed by atoms with E-state index in [-0.39, 0.29) is 6.04 Å². The number of nitrogens with zero attached hydrogens (tertiary/aromatic N) is 2. The molecule has 27 heavy (non-hydrogen) atoms. The van der Waals surface area contributed by atoms with Crippen LogP contribution in [-0.2, 0) is 0 Å². The molecule has 1 aliphatic heterocycles. The summed E-state index contributed by atoms with van der Waals surface area (Å²) in [5.41, 5.74) is 5.02. The summed E-state index contributed by atoms with van der Waals surface area (Å²) in [5.74, 6) is 0. The zero-order chi connectivity index (χ0) is 19.1. The van der Waals surface area contributed by atoms with Gasteiger partial charge in [0, 0.05) is 18.4 Å². The van der Waals surface area contributed by atoms with E-state index in [4.69, 9.17) is 0 Å². The Bertz CT molecular complexity index is 837. The number of aromatic nitrogens is 2. The molecule has 1 unspecified atom stereocenters. The first-order valence-electron chi connectivity index (χ1n) is 9.26. The van der Waals surface area contributed by atoms with Crippen LogP contribution in [0.15, 0.2) is 85.8 Å². The number of pyridine rings is 2. The van der Waals surface area contributed by atoms with Crippen molar-refractivity contribution >= 4 is 11.4 Å². The molecular formula is C23H26N4. The van der Waals surface area contributed by atoms with Gasteiger partial charge in [0.2, 0.25) is 0 Å². The molecule has 4 heteroatoms. The van der Waals surface area contributed by atoms with Crippen molar-refractivity contribution in [1.29, 1.82) is 0 Å². The van der Waals surface area contributed by atoms with Crippen LogP contribution in [0.5, 0.6) is 0 Å². The highest BCUT2D eigenvalue weighted by Gasteiger charge is 2.21. The summed E-state index contributed by atoms with van der Waals surface area (Å²) in [6.45, 7) is 10.2. The monoisotopic (exact) mass is 358 g/mol. The number of hydrogen-bond donors (Lipinski definition) is 2. The lowest BCUT2D eigenvalue weighted by molar-refractivity contribution is 0.523. The molecule has 0 aliphatic carbocycles. The molecule has 0 amide bonds. The Labute approximate surface area is 161 Å².